The second kappa shape index (κ2) is 11.3. The van der Waals surface area contributed by atoms with Gasteiger partial charge in [0.15, 0.2) is 5.82 Å². The van der Waals surface area contributed by atoms with E-state index in [-0.39, 0.29) is 41.9 Å². The Morgan fingerprint density at radius 3 is 2.76 bits per heavy atom. The number of ether oxygens (including phenoxy) is 2. The van der Waals surface area contributed by atoms with E-state index in [0.717, 1.165) is 24.2 Å². The van der Waals surface area contributed by atoms with E-state index in [1.165, 1.54) is 19.3 Å². The van der Waals surface area contributed by atoms with Gasteiger partial charge in [-0.05, 0) is 50.7 Å². The molecule has 1 amide bonds. The molecule has 34 heavy (non-hydrogen) atoms. The Bertz CT molecular complexity index is 1070. The maximum Gasteiger partial charge on any atom is 0.310 e. The fourth-order valence-electron chi connectivity index (χ4n) is 4.30. The molecule has 1 aliphatic heterocycles. The van der Waals surface area contributed by atoms with Gasteiger partial charge in [-0.15, -0.1) is 10.2 Å². The van der Waals surface area contributed by atoms with Crippen molar-refractivity contribution in [2.45, 2.75) is 51.9 Å². The molecule has 0 radical (unpaired) electrons. The molecule has 1 N–H and O–H groups in total. The molecule has 2 fully saturated rings. The lowest BCUT2D eigenvalue weighted by molar-refractivity contribution is -0.151. The highest BCUT2D eigenvalue weighted by Crippen LogP contribution is 2.28. The standard InChI is InChI=1S/C25H32N4O5/c1-2-33-25(32)19-9-5-13-29(15-19)22(30)12-11-21-24(31)26-23(28-27-21)18-8-4-10-20(14-18)34-16-17-6-3-7-17/h4,8,10,14,17,19H,2-3,5-7,9,11-13,15-16H2,1H3,(H,26,28,31)/t19-/m0/s1. The van der Waals surface area contributed by atoms with E-state index in [1.807, 2.05) is 24.3 Å². The molecule has 182 valence electrons. The van der Waals surface area contributed by atoms with Crippen molar-refractivity contribution in [1.29, 1.82) is 0 Å². The summed E-state index contributed by atoms with van der Waals surface area (Å²) in [5.41, 5.74) is 0.576. The quantitative estimate of drug-likeness (QED) is 0.563. The molecular formula is C25H32N4O5. The molecule has 1 aliphatic carbocycles. The number of rotatable bonds is 9. The van der Waals surface area contributed by atoms with Gasteiger partial charge in [-0.1, -0.05) is 18.6 Å². The molecule has 9 heteroatoms. The van der Waals surface area contributed by atoms with Crippen molar-refractivity contribution in [1.82, 2.24) is 20.1 Å². The number of benzene rings is 1. The number of nitrogens with one attached hydrogen (secondary N) is 1. The SMILES string of the molecule is CCOC(=O)[C@H]1CCCN(C(=O)CCc2nnc(-c3cccc(OCC4CCC4)c3)[nH]c2=O)C1. The molecular weight excluding hydrogens is 436 g/mol. The van der Waals surface area contributed by atoms with Gasteiger partial charge in [0.1, 0.15) is 11.4 Å². The smallest absolute Gasteiger partial charge is 0.310 e. The summed E-state index contributed by atoms with van der Waals surface area (Å²) in [5.74, 6) is 1.10. The number of likely N-dealkylation sites (tertiary alicyclic amines) is 1. The second-order valence-corrected chi connectivity index (χ2v) is 9.02. The first-order chi connectivity index (χ1) is 16.5. The Balaban J connectivity index is 1.33. The van der Waals surface area contributed by atoms with E-state index in [2.05, 4.69) is 15.2 Å². The molecule has 1 saturated heterocycles. The molecule has 1 atom stereocenters. The Kier molecular flexibility index (Phi) is 7.92. The van der Waals surface area contributed by atoms with Crippen LogP contribution in [0.25, 0.3) is 11.4 Å². The first kappa shape index (κ1) is 23.9. The van der Waals surface area contributed by atoms with Crippen LogP contribution in [0, 0.1) is 11.8 Å². The zero-order valence-corrected chi connectivity index (χ0v) is 19.6. The molecule has 0 bridgehead atoms. The van der Waals surface area contributed by atoms with Crippen LogP contribution in [-0.4, -0.2) is 58.3 Å². The van der Waals surface area contributed by atoms with Gasteiger partial charge < -0.3 is 19.4 Å². The van der Waals surface area contributed by atoms with E-state index >= 15 is 0 Å². The summed E-state index contributed by atoms with van der Waals surface area (Å²) < 4.78 is 11.0. The van der Waals surface area contributed by atoms with Gasteiger partial charge >= 0.3 is 5.97 Å². The number of aryl methyl sites for hydroxylation is 1. The lowest BCUT2D eigenvalue weighted by atomic mass is 9.86. The lowest BCUT2D eigenvalue weighted by Gasteiger charge is -2.31. The third-order valence-corrected chi connectivity index (χ3v) is 6.55. The number of H-pyrrole nitrogens is 1. The molecule has 0 spiro atoms. The fraction of sp³-hybridized carbons (Fsp3) is 0.560. The summed E-state index contributed by atoms with van der Waals surface area (Å²) in [7, 11) is 0. The van der Waals surface area contributed by atoms with E-state index in [0.29, 0.717) is 38.0 Å². The zero-order chi connectivity index (χ0) is 23.9. The van der Waals surface area contributed by atoms with Crippen molar-refractivity contribution >= 4 is 11.9 Å². The highest BCUT2D eigenvalue weighted by molar-refractivity contribution is 5.78. The number of amides is 1. The average molecular weight is 469 g/mol. The van der Waals surface area contributed by atoms with E-state index in [1.54, 1.807) is 11.8 Å². The third kappa shape index (κ3) is 6.01. The number of hydrogen-bond acceptors (Lipinski definition) is 7. The Morgan fingerprint density at radius 1 is 1.18 bits per heavy atom. The number of piperidine rings is 1. The molecule has 0 unspecified atom stereocenters. The van der Waals surface area contributed by atoms with Crippen molar-refractivity contribution in [3.05, 3.63) is 40.3 Å². The van der Waals surface area contributed by atoms with Crippen LogP contribution in [0.1, 0.15) is 51.1 Å². The maximum absolute atomic E-state index is 12.7. The van der Waals surface area contributed by atoms with Crippen LogP contribution >= 0.6 is 0 Å². The molecule has 9 nitrogen and oxygen atoms in total. The third-order valence-electron chi connectivity index (χ3n) is 6.55. The van der Waals surface area contributed by atoms with E-state index in [9.17, 15) is 14.4 Å². The molecule has 1 aromatic carbocycles. The number of hydrogen-bond donors (Lipinski definition) is 1. The van der Waals surface area contributed by atoms with E-state index in [4.69, 9.17) is 9.47 Å². The van der Waals surface area contributed by atoms with Gasteiger partial charge in [0.05, 0.1) is 19.1 Å². The fourth-order valence-corrected chi connectivity index (χ4v) is 4.30. The van der Waals surface area contributed by atoms with Crippen LogP contribution in [0.5, 0.6) is 5.75 Å². The molecule has 1 saturated carbocycles. The van der Waals surface area contributed by atoms with E-state index < -0.39 is 0 Å². The largest absolute Gasteiger partial charge is 0.493 e. The van der Waals surface area contributed by atoms with Gasteiger partial charge in [0.2, 0.25) is 5.91 Å². The number of aromatic nitrogens is 3. The molecule has 1 aromatic heterocycles. The minimum absolute atomic E-state index is 0.101. The molecule has 2 aromatic rings. The number of esters is 1. The van der Waals surface area contributed by atoms with Crippen LogP contribution < -0.4 is 10.3 Å². The normalized spacial score (nSPS) is 18.3. The van der Waals surface area contributed by atoms with Gasteiger partial charge in [-0.2, -0.15) is 0 Å². The monoisotopic (exact) mass is 468 g/mol. The minimum Gasteiger partial charge on any atom is -0.493 e. The van der Waals surface area contributed by atoms with Gasteiger partial charge in [-0.25, -0.2) is 0 Å². The van der Waals surface area contributed by atoms with Gasteiger partial charge in [0, 0.05) is 31.5 Å². The minimum atomic E-state index is -0.360. The molecule has 2 heterocycles. The van der Waals surface area contributed by atoms with Crippen LogP contribution in [0.4, 0.5) is 0 Å². The van der Waals surface area contributed by atoms with Crippen molar-refractivity contribution in [2.75, 3.05) is 26.3 Å². The maximum atomic E-state index is 12.7. The Labute approximate surface area is 198 Å². The van der Waals surface area contributed by atoms with Crippen LogP contribution in [0.2, 0.25) is 0 Å². The highest BCUT2D eigenvalue weighted by Gasteiger charge is 2.29. The van der Waals surface area contributed by atoms with Crippen molar-refractivity contribution < 1.29 is 19.1 Å². The first-order valence-corrected chi connectivity index (χ1v) is 12.2. The summed E-state index contributed by atoms with van der Waals surface area (Å²) in [6.45, 7) is 3.77. The van der Waals surface area contributed by atoms with Gasteiger partial charge in [-0.3, -0.25) is 14.4 Å². The molecule has 4 rings (SSSR count). The van der Waals surface area contributed by atoms with Crippen molar-refractivity contribution in [2.24, 2.45) is 11.8 Å². The Morgan fingerprint density at radius 2 is 2.03 bits per heavy atom. The lowest BCUT2D eigenvalue weighted by Crippen LogP contribution is -2.43. The predicted molar refractivity (Wildman–Crippen MR) is 125 cm³/mol. The average Bonchev–Trinajstić information content (AvgIpc) is 2.82. The number of carbonyl (C=O) groups excluding carboxylic acids is 2. The van der Waals surface area contributed by atoms with Crippen LogP contribution in [-0.2, 0) is 20.7 Å². The predicted octanol–water partition coefficient (Wildman–Crippen LogP) is 2.75. The number of nitrogens with zero attached hydrogens (tertiary/aromatic N) is 3. The summed E-state index contributed by atoms with van der Waals surface area (Å²) in [6.07, 6.45) is 5.51. The van der Waals surface area contributed by atoms with Gasteiger partial charge in [0.25, 0.3) is 5.56 Å². The molecule has 2 aliphatic rings. The van der Waals surface area contributed by atoms with Crippen LogP contribution in [0.15, 0.2) is 29.1 Å². The first-order valence-electron chi connectivity index (χ1n) is 12.2. The topological polar surface area (TPSA) is 114 Å². The zero-order valence-electron chi connectivity index (χ0n) is 19.6. The number of aromatic amines is 1. The van der Waals surface area contributed by atoms with Crippen LogP contribution in [0.3, 0.4) is 0 Å². The Hall–Kier alpha value is -3.23. The summed E-state index contributed by atoms with van der Waals surface area (Å²) in [5, 5.41) is 8.26. The summed E-state index contributed by atoms with van der Waals surface area (Å²) >= 11 is 0. The highest BCUT2D eigenvalue weighted by atomic mass is 16.5. The number of carbonyl (C=O) groups is 2. The van der Waals surface area contributed by atoms with Crippen molar-refractivity contribution in [3.8, 4) is 17.1 Å². The second-order valence-electron chi connectivity index (χ2n) is 9.02. The van der Waals surface area contributed by atoms with Crippen molar-refractivity contribution in [3.63, 3.8) is 0 Å². The summed E-state index contributed by atoms with van der Waals surface area (Å²) in [6, 6.07) is 7.44. The summed E-state index contributed by atoms with van der Waals surface area (Å²) in [4.78, 5) is 41.7.